The van der Waals surface area contributed by atoms with Gasteiger partial charge in [0.05, 0.1) is 0 Å². The molecule has 2 aromatic heterocycles. The molecule has 9 aromatic rings. The topological polar surface area (TPSA) is 51.8 Å². The Hall–Kier alpha value is -6.39. The van der Waals surface area contributed by atoms with Gasteiger partial charge in [0.2, 0.25) is 0 Å². The molecule has 4 heteroatoms. The van der Waals surface area contributed by atoms with Gasteiger partial charge in [0.1, 0.15) is 11.2 Å². The first-order valence-corrected chi connectivity index (χ1v) is 15.7. The van der Waals surface area contributed by atoms with Crippen LogP contribution in [0.1, 0.15) is 0 Å². The molecule has 0 bridgehead atoms. The molecule has 0 saturated heterocycles. The van der Waals surface area contributed by atoms with Gasteiger partial charge in [-0.3, -0.25) is 0 Å². The zero-order chi connectivity index (χ0) is 31.2. The first-order chi connectivity index (χ1) is 23.3. The highest BCUT2D eigenvalue weighted by molar-refractivity contribution is 6.15. The zero-order valence-corrected chi connectivity index (χ0v) is 25.3. The van der Waals surface area contributed by atoms with Crippen molar-refractivity contribution in [2.24, 2.45) is 0 Å². The molecular weight excluding hydrogens is 574 g/mol. The van der Waals surface area contributed by atoms with Crippen LogP contribution in [0.5, 0.6) is 0 Å². The summed E-state index contributed by atoms with van der Waals surface area (Å²) in [5, 5.41) is 4.34. The number of rotatable bonds is 5. The predicted molar refractivity (Wildman–Crippen MR) is 192 cm³/mol. The summed E-state index contributed by atoms with van der Waals surface area (Å²) >= 11 is 0. The van der Waals surface area contributed by atoms with Crippen molar-refractivity contribution in [3.8, 4) is 56.4 Å². The molecule has 2 heterocycles. The van der Waals surface area contributed by atoms with Crippen molar-refractivity contribution < 1.29 is 4.42 Å². The van der Waals surface area contributed by atoms with Gasteiger partial charge in [-0.1, -0.05) is 140 Å². The summed E-state index contributed by atoms with van der Waals surface area (Å²) in [7, 11) is 0. The maximum Gasteiger partial charge on any atom is 0.164 e. The molecule has 0 atom stereocenters. The van der Waals surface area contributed by atoms with Crippen LogP contribution in [-0.4, -0.2) is 15.0 Å². The lowest BCUT2D eigenvalue weighted by Gasteiger charge is -2.10. The van der Waals surface area contributed by atoms with Crippen LogP contribution >= 0.6 is 0 Å². The number of hydrogen-bond donors (Lipinski definition) is 0. The van der Waals surface area contributed by atoms with Gasteiger partial charge in [0, 0.05) is 27.5 Å². The SMILES string of the molecule is c1ccc(-c2ccc(-c3cccc(-c4nc(-c5ccccc5)nc(-c5cccc6oc7cc8ccccc8cc7c56)n4)c3)cc2)cc1. The second-order valence-electron chi connectivity index (χ2n) is 11.7. The quantitative estimate of drug-likeness (QED) is 0.197. The minimum atomic E-state index is 0.605. The van der Waals surface area contributed by atoms with E-state index in [9.17, 15) is 0 Å². The van der Waals surface area contributed by atoms with Gasteiger partial charge in [0.25, 0.3) is 0 Å². The van der Waals surface area contributed by atoms with Crippen molar-refractivity contribution in [2.45, 2.75) is 0 Å². The second-order valence-corrected chi connectivity index (χ2v) is 11.7. The number of nitrogens with zero attached hydrogens (tertiary/aromatic N) is 3. The summed E-state index contributed by atoms with van der Waals surface area (Å²) in [6.45, 7) is 0. The van der Waals surface area contributed by atoms with Gasteiger partial charge in [0.15, 0.2) is 17.5 Å². The van der Waals surface area contributed by atoms with Gasteiger partial charge in [-0.05, 0) is 57.3 Å². The Bertz CT molecular complexity index is 2550. The lowest BCUT2D eigenvalue weighted by molar-refractivity contribution is 0.669. The van der Waals surface area contributed by atoms with Crippen LogP contribution in [0.4, 0.5) is 0 Å². The number of hydrogen-bond acceptors (Lipinski definition) is 4. The summed E-state index contributed by atoms with van der Waals surface area (Å²) in [6.07, 6.45) is 0. The number of benzene rings is 7. The number of aromatic nitrogens is 3. The van der Waals surface area contributed by atoms with Crippen LogP contribution in [0.3, 0.4) is 0 Å². The molecule has 7 aromatic carbocycles. The molecule has 0 amide bonds. The van der Waals surface area contributed by atoms with Crippen molar-refractivity contribution in [3.05, 3.63) is 164 Å². The maximum absolute atomic E-state index is 6.38. The largest absolute Gasteiger partial charge is 0.456 e. The Kier molecular flexibility index (Phi) is 6.43. The summed E-state index contributed by atoms with van der Waals surface area (Å²) in [6, 6.07) is 56.4. The van der Waals surface area contributed by atoms with Crippen molar-refractivity contribution in [3.63, 3.8) is 0 Å². The molecule has 0 aliphatic heterocycles. The van der Waals surface area contributed by atoms with E-state index in [-0.39, 0.29) is 0 Å². The van der Waals surface area contributed by atoms with E-state index in [0.29, 0.717) is 17.5 Å². The van der Waals surface area contributed by atoms with Crippen molar-refractivity contribution in [1.82, 2.24) is 15.0 Å². The molecule has 0 fully saturated rings. The third-order valence-electron chi connectivity index (χ3n) is 8.72. The molecule has 9 rings (SSSR count). The third kappa shape index (κ3) is 4.93. The molecule has 0 radical (unpaired) electrons. The molecule has 0 saturated carbocycles. The summed E-state index contributed by atoms with van der Waals surface area (Å²) in [5.74, 6) is 1.85. The van der Waals surface area contributed by atoms with Crippen molar-refractivity contribution in [1.29, 1.82) is 0 Å². The number of fused-ring (bicyclic) bond motifs is 4. The molecule has 0 unspecified atom stereocenters. The summed E-state index contributed by atoms with van der Waals surface area (Å²) < 4.78 is 6.38. The molecular formula is C43H27N3O. The normalized spacial score (nSPS) is 11.4. The summed E-state index contributed by atoms with van der Waals surface area (Å²) in [4.78, 5) is 15.2. The van der Waals surface area contributed by atoms with E-state index in [1.54, 1.807) is 0 Å². The molecule has 0 spiro atoms. The van der Waals surface area contributed by atoms with Crippen LogP contribution in [0.2, 0.25) is 0 Å². The molecule has 0 aliphatic carbocycles. The Morgan fingerprint density at radius 3 is 1.62 bits per heavy atom. The average molecular weight is 602 g/mol. The minimum Gasteiger partial charge on any atom is -0.456 e. The molecule has 0 aliphatic rings. The first kappa shape index (κ1) is 27.0. The van der Waals surface area contributed by atoms with Crippen LogP contribution in [0.25, 0.3) is 89.1 Å². The Morgan fingerprint density at radius 1 is 0.340 bits per heavy atom. The van der Waals surface area contributed by atoms with E-state index >= 15 is 0 Å². The lowest BCUT2D eigenvalue weighted by Crippen LogP contribution is -2.00. The zero-order valence-electron chi connectivity index (χ0n) is 25.3. The lowest BCUT2D eigenvalue weighted by atomic mass is 9.99. The van der Waals surface area contributed by atoms with Gasteiger partial charge in [-0.2, -0.15) is 0 Å². The van der Waals surface area contributed by atoms with Gasteiger partial charge in [-0.15, -0.1) is 0 Å². The molecule has 47 heavy (non-hydrogen) atoms. The second kappa shape index (κ2) is 11.2. The molecule has 4 nitrogen and oxygen atoms in total. The molecule has 220 valence electrons. The van der Waals surface area contributed by atoms with Crippen molar-refractivity contribution in [2.75, 3.05) is 0 Å². The smallest absolute Gasteiger partial charge is 0.164 e. The monoisotopic (exact) mass is 601 g/mol. The summed E-state index contributed by atoms with van der Waals surface area (Å²) in [5.41, 5.74) is 9.02. The van der Waals surface area contributed by atoms with E-state index in [1.165, 1.54) is 11.1 Å². The maximum atomic E-state index is 6.38. The Labute approximate surface area is 271 Å². The van der Waals surface area contributed by atoms with Gasteiger partial charge < -0.3 is 4.42 Å². The van der Waals surface area contributed by atoms with Gasteiger partial charge >= 0.3 is 0 Å². The van der Waals surface area contributed by atoms with E-state index in [4.69, 9.17) is 19.4 Å². The van der Waals surface area contributed by atoms with E-state index in [0.717, 1.165) is 60.5 Å². The molecule has 0 N–H and O–H groups in total. The predicted octanol–water partition coefficient (Wildman–Crippen LogP) is 11.3. The minimum absolute atomic E-state index is 0.605. The van der Waals surface area contributed by atoms with Crippen molar-refractivity contribution >= 4 is 32.7 Å². The van der Waals surface area contributed by atoms with Crippen LogP contribution in [0.15, 0.2) is 168 Å². The van der Waals surface area contributed by atoms with Crippen LogP contribution in [-0.2, 0) is 0 Å². The highest BCUT2D eigenvalue weighted by atomic mass is 16.3. The van der Waals surface area contributed by atoms with Gasteiger partial charge in [-0.25, -0.2) is 15.0 Å². The van der Waals surface area contributed by atoms with Crippen LogP contribution < -0.4 is 0 Å². The van der Waals surface area contributed by atoms with E-state index in [1.807, 2.05) is 48.5 Å². The number of furan rings is 1. The fourth-order valence-electron chi connectivity index (χ4n) is 6.36. The Morgan fingerprint density at radius 2 is 0.872 bits per heavy atom. The Balaban J connectivity index is 1.20. The average Bonchev–Trinajstić information content (AvgIpc) is 3.52. The van der Waals surface area contributed by atoms with E-state index < -0.39 is 0 Å². The first-order valence-electron chi connectivity index (χ1n) is 15.7. The highest BCUT2D eigenvalue weighted by Crippen LogP contribution is 2.38. The standard InChI is InChI=1S/C43H27N3O/c1-3-11-28(12-4-1)29-21-23-30(24-22-29)32-17-9-18-35(25-32)42-44-41(31-13-5-2-6-14-31)45-43(46-42)36-19-10-20-38-40(36)37-26-33-15-7-8-16-34(33)27-39(37)47-38/h1-27H. The van der Waals surface area contributed by atoms with Crippen LogP contribution in [0, 0.1) is 0 Å². The third-order valence-corrected chi connectivity index (χ3v) is 8.72. The van der Waals surface area contributed by atoms with E-state index in [2.05, 4.69) is 115 Å². The highest BCUT2D eigenvalue weighted by Gasteiger charge is 2.18. The fraction of sp³-hybridized carbons (Fsp3) is 0. The fourth-order valence-corrected chi connectivity index (χ4v) is 6.36.